The lowest BCUT2D eigenvalue weighted by Crippen LogP contribution is -2.21. The number of carbonyl (C=O) groups excluding carboxylic acids is 1. The van der Waals surface area contributed by atoms with E-state index in [2.05, 4.69) is 10.5 Å². The molecule has 2 rings (SSSR count). The second kappa shape index (κ2) is 8.82. The van der Waals surface area contributed by atoms with Crippen molar-refractivity contribution in [3.05, 3.63) is 70.2 Å². The maximum absolute atomic E-state index is 11.5. The summed E-state index contributed by atoms with van der Waals surface area (Å²) in [6.07, 6.45) is 0.526. The number of ether oxygens (including phenoxy) is 1. The molecule has 1 N–H and O–H groups in total. The van der Waals surface area contributed by atoms with Crippen molar-refractivity contribution in [3.63, 3.8) is 0 Å². The molecule has 0 aliphatic carbocycles. The van der Waals surface area contributed by atoms with E-state index in [0.717, 1.165) is 5.56 Å². The van der Waals surface area contributed by atoms with Crippen molar-refractivity contribution in [1.29, 1.82) is 0 Å². The van der Waals surface area contributed by atoms with E-state index in [9.17, 15) is 13.2 Å². The molecule has 0 saturated carbocycles. The van der Waals surface area contributed by atoms with E-state index in [1.165, 1.54) is 6.26 Å². The Morgan fingerprint density at radius 3 is 2.12 bits per heavy atom. The van der Waals surface area contributed by atoms with Crippen LogP contribution in [0.25, 0.3) is 0 Å². The van der Waals surface area contributed by atoms with Crippen molar-refractivity contribution in [2.75, 3.05) is 12.9 Å². The molecule has 26 heavy (non-hydrogen) atoms. The van der Waals surface area contributed by atoms with E-state index in [-0.39, 0.29) is 12.4 Å². The number of nitrogens with one attached hydrogen (secondary N) is 1. The first kappa shape index (κ1) is 19.9. The van der Waals surface area contributed by atoms with E-state index in [1.807, 2.05) is 0 Å². The van der Waals surface area contributed by atoms with Crippen LogP contribution in [0.15, 0.2) is 53.6 Å². The minimum atomic E-state index is -3.11. The van der Waals surface area contributed by atoms with E-state index >= 15 is 0 Å². The maximum atomic E-state index is 11.5. The van der Waals surface area contributed by atoms with Crippen molar-refractivity contribution in [3.8, 4) is 0 Å². The first-order chi connectivity index (χ1) is 12.3. The molecule has 0 radical (unpaired) electrons. The SMILES string of the molecule is CCOC(=O)NN=C(c1ccc(Cl)cc1)c1ccc(CS(C)(=O)=O)cc1. The Morgan fingerprint density at radius 2 is 1.62 bits per heavy atom. The lowest BCUT2D eigenvalue weighted by atomic mass is 10.0. The van der Waals surface area contributed by atoms with Crippen LogP contribution < -0.4 is 5.43 Å². The Balaban J connectivity index is 2.35. The van der Waals surface area contributed by atoms with Gasteiger partial charge in [-0.3, -0.25) is 0 Å². The van der Waals surface area contributed by atoms with Gasteiger partial charge in [-0.05, 0) is 24.6 Å². The molecule has 0 aromatic heterocycles. The zero-order valence-electron chi connectivity index (χ0n) is 14.4. The number of carbonyl (C=O) groups is 1. The van der Waals surface area contributed by atoms with Gasteiger partial charge in [0, 0.05) is 22.4 Å². The topological polar surface area (TPSA) is 84.8 Å². The van der Waals surface area contributed by atoms with E-state index < -0.39 is 15.9 Å². The molecular formula is C18H19ClN2O4S. The quantitative estimate of drug-likeness (QED) is 0.601. The number of hydrogen-bond donors (Lipinski definition) is 1. The molecule has 6 nitrogen and oxygen atoms in total. The average Bonchev–Trinajstić information content (AvgIpc) is 2.57. The first-order valence-corrected chi connectivity index (χ1v) is 10.3. The molecular weight excluding hydrogens is 376 g/mol. The Hall–Kier alpha value is -2.38. The van der Waals surface area contributed by atoms with Gasteiger partial charge >= 0.3 is 6.09 Å². The summed E-state index contributed by atoms with van der Waals surface area (Å²) in [5, 5.41) is 4.73. The number of halogens is 1. The fraction of sp³-hybridized carbons (Fsp3) is 0.222. The Morgan fingerprint density at radius 1 is 1.08 bits per heavy atom. The molecule has 8 heteroatoms. The summed E-state index contributed by atoms with van der Waals surface area (Å²) >= 11 is 5.93. The van der Waals surface area contributed by atoms with Gasteiger partial charge in [-0.1, -0.05) is 48.0 Å². The molecule has 0 spiro atoms. The van der Waals surface area contributed by atoms with Crippen molar-refractivity contribution < 1.29 is 17.9 Å². The van der Waals surface area contributed by atoms with Gasteiger partial charge in [0.2, 0.25) is 0 Å². The largest absolute Gasteiger partial charge is 0.449 e. The normalized spacial score (nSPS) is 11.9. The van der Waals surface area contributed by atoms with Gasteiger partial charge in [-0.25, -0.2) is 18.6 Å². The zero-order chi connectivity index (χ0) is 19.2. The standard InChI is InChI=1S/C18H19ClN2O4S/c1-3-25-18(22)21-20-17(15-8-10-16(19)11-9-15)14-6-4-13(5-7-14)12-26(2,23)24/h4-11H,3,12H2,1-2H3,(H,21,22). The van der Waals surface area contributed by atoms with Crippen LogP contribution in [0.5, 0.6) is 0 Å². The summed E-state index contributed by atoms with van der Waals surface area (Å²) < 4.78 is 27.6. The van der Waals surface area contributed by atoms with E-state index in [1.54, 1.807) is 55.5 Å². The van der Waals surface area contributed by atoms with Crippen molar-refractivity contribution in [1.82, 2.24) is 5.43 Å². The molecule has 2 aromatic carbocycles. The molecule has 0 saturated heterocycles. The van der Waals surface area contributed by atoms with Gasteiger partial charge in [0.05, 0.1) is 18.1 Å². The molecule has 0 fully saturated rings. The van der Waals surface area contributed by atoms with Crippen molar-refractivity contribution in [2.45, 2.75) is 12.7 Å². The summed E-state index contributed by atoms with van der Waals surface area (Å²) in [5.41, 5.74) is 4.97. The minimum absolute atomic E-state index is 0.0399. The summed E-state index contributed by atoms with van der Waals surface area (Å²) in [7, 11) is -3.11. The predicted octanol–water partition coefficient (Wildman–Crippen LogP) is 3.38. The molecule has 0 aliphatic rings. The molecule has 0 unspecified atom stereocenters. The van der Waals surface area contributed by atoms with Gasteiger partial charge < -0.3 is 4.74 Å². The Bertz CT molecular complexity index is 892. The predicted molar refractivity (Wildman–Crippen MR) is 102 cm³/mol. The second-order valence-corrected chi connectivity index (χ2v) is 8.14. The third kappa shape index (κ3) is 6.16. The van der Waals surface area contributed by atoms with Gasteiger partial charge in [-0.2, -0.15) is 5.10 Å². The zero-order valence-corrected chi connectivity index (χ0v) is 16.0. The van der Waals surface area contributed by atoms with Gasteiger partial charge in [0.15, 0.2) is 9.84 Å². The summed E-state index contributed by atoms with van der Waals surface area (Å²) in [6, 6.07) is 13.9. The number of nitrogens with zero attached hydrogens (tertiary/aromatic N) is 1. The first-order valence-electron chi connectivity index (χ1n) is 7.82. The third-order valence-electron chi connectivity index (χ3n) is 3.31. The number of hydrazone groups is 1. The van der Waals surface area contributed by atoms with Crippen molar-refractivity contribution in [2.24, 2.45) is 5.10 Å². The highest BCUT2D eigenvalue weighted by Gasteiger charge is 2.10. The molecule has 0 heterocycles. The van der Waals surface area contributed by atoms with E-state index in [4.69, 9.17) is 16.3 Å². The second-order valence-electron chi connectivity index (χ2n) is 5.57. The van der Waals surface area contributed by atoms with Crippen LogP contribution in [-0.4, -0.2) is 33.1 Å². The van der Waals surface area contributed by atoms with Crippen LogP contribution in [-0.2, 0) is 20.3 Å². The van der Waals surface area contributed by atoms with Gasteiger partial charge in [-0.15, -0.1) is 0 Å². The number of rotatable bonds is 6. The monoisotopic (exact) mass is 394 g/mol. The highest BCUT2D eigenvalue weighted by atomic mass is 35.5. The van der Waals surface area contributed by atoms with E-state index in [0.29, 0.717) is 21.9 Å². The third-order valence-corrected chi connectivity index (χ3v) is 4.42. The number of sulfone groups is 1. The highest BCUT2D eigenvalue weighted by molar-refractivity contribution is 7.89. The fourth-order valence-corrected chi connectivity index (χ4v) is 3.15. The molecule has 2 aromatic rings. The van der Waals surface area contributed by atoms with Crippen LogP contribution in [0.3, 0.4) is 0 Å². The Labute approximate surface area is 157 Å². The summed E-state index contributed by atoms with van der Waals surface area (Å²) in [5.74, 6) is -0.0399. The molecule has 0 bridgehead atoms. The number of amides is 1. The lowest BCUT2D eigenvalue weighted by molar-refractivity contribution is 0.152. The molecule has 0 aliphatic heterocycles. The van der Waals surface area contributed by atoms with Gasteiger partial charge in [0.1, 0.15) is 0 Å². The molecule has 1 amide bonds. The Kier molecular flexibility index (Phi) is 6.76. The highest BCUT2D eigenvalue weighted by Crippen LogP contribution is 2.16. The van der Waals surface area contributed by atoms with Crippen LogP contribution in [0.2, 0.25) is 5.02 Å². The number of hydrogen-bond acceptors (Lipinski definition) is 5. The fourth-order valence-electron chi connectivity index (χ4n) is 2.23. The summed E-state index contributed by atoms with van der Waals surface area (Å²) in [4.78, 5) is 11.5. The molecule has 138 valence electrons. The lowest BCUT2D eigenvalue weighted by Gasteiger charge is -2.09. The van der Waals surface area contributed by atoms with Gasteiger partial charge in [0.25, 0.3) is 0 Å². The minimum Gasteiger partial charge on any atom is -0.449 e. The van der Waals surface area contributed by atoms with Crippen molar-refractivity contribution >= 4 is 33.2 Å². The smallest absolute Gasteiger partial charge is 0.427 e. The summed E-state index contributed by atoms with van der Waals surface area (Å²) in [6.45, 7) is 1.93. The average molecular weight is 395 g/mol. The van der Waals surface area contributed by atoms with Crippen LogP contribution in [0.1, 0.15) is 23.6 Å². The number of benzene rings is 2. The maximum Gasteiger partial charge on any atom is 0.427 e. The molecule has 0 atom stereocenters. The van der Waals surface area contributed by atoms with Crippen LogP contribution in [0, 0.1) is 0 Å². The van der Waals surface area contributed by atoms with Crippen LogP contribution in [0.4, 0.5) is 4.79 Å². The van der Waals surface area contributed by atoms with Crippen LogP contribution >= 0.6 is 11.6 Å².